The molecule has 1 aromatic carbocycles. The number of benzene rings is 1. The van der Waals surface area contributed by atoms with E-state index in [4.69, 9.17) is 9.47 Å². The van der Waals surface area contributed by atoms with Crippen LogP contribution >= 0.6 is 0 Å². The first kappa shape index (κ1) is 21.6. The van der Waals surface area contributed by atoms with Crippen molar-refractivity contribution in [3.05, 3.63) is 52.4 Å². The number of likely N-dealkylation sites (tertiary alicyclic amines) is 1. The van der Waals surface area contributed by atoms with E-state index in [9.17, 15) is 14.7 Å². The summed E-state index contributed by atoms with van der Waals surface area (Å²) >= 11 is 0. The Bertz CT molecular complexity index is 991. The van der Waals surface area contributed by atoms with Crippen molar-refractivity contribution >= 4 is 17.4 Å². The van der Waals surface area contributed by atoms with E-state index in [1.54, 1.807) is 42.9 Å². The van der Waals surface area contributed by atoms with E-state index in [1.807, 2.05) is 13.8 Å². The minimum atomic E-state index is -0.727. The van der Waals surface area contributed by atoms with Crippen molar-refractivity contribution in [2.24, 2.45) is 7.05 Å². The molecule has 1 saturated heterocycles. The Kier molecular flexibility index (Phi) is 6.26. The fourth-order valence-corrected chi connectivity index (χ4v) is 3.81. The number of rotatable bonds is 7. The summed E-state index contributed by atoms with van der Waals surface area (Å²) in [7, 11) is 3.30. The number of ether oxygens (including phenoxy) is 2. The number of nitrogens with zero attached hydrogens (tertiary/aromatic N) is 3. The monoisotopic (exact) mass is 413 g/mol. The highest BCUT2D eigenvalue weighted by atomic mass is 16.5. The highest BCUT2D eigenvalue weighted by Gasteiger charge is 2.46. The lowest BCUT2D eigenvalue weighted by molar-refractivity contribution is -0.140. The van der Waals surface area contributed by atoms with Gasteiger partial charge in [0.05, 0.1) is 36.1 Å². The van der Waals surface area contributed by atoms with Gasteiger partial charge in [0.2, 0.25) is 0 Å². The number of carbonyl (C=O) groups excluding carboxylic acids is 2. The molecular weight excluding hydrogens is 386 g/mol. The Morgan fingerprint density at radius 3 is 2.40 bits per heavy atom. The topological polar surface area (TPSA) is 93.9 Å². The number of aromatic nitrogens is 2. The predicted molar refractivity (Wildman–Crippen MR) is 111 cm³/mol. The fraction of sp³-hybridized carbons (Fsp3) is 0.409. The van der Waals surface area contributed by atoms with Crippen LogP contribution in [0.4, 0.5) is 0 Å². The van der Waals surface area contributed by atoms with Gasteiger partial charge in [-0.15, -0.1) is 0 Å². The third-order valence-corrected chi connectivity index (χ3v) is 5.33. The number of aliphatic hydroxyl groups is 1. The molecule has 8 nitrogen and oxygen atoms in total. The highest BCUT2D eigenvalue weighted by Crippen LogP contribution is 2.40. The second-order valence-corrected chi connectivity index (χ2v) is 7.16. The molecule has 160 valence electrons. The molecule has 1 unspecified atom stereocenters. The largest absolute Gasteiger partial charge is 0.507 e. The summed E-state index contributed by atoms with van der Waals surface area (Å²) < 4.78 is 12.3. The van der Waals surface area contributed by atoms with Crippen LogP contribution in [-0.4, -0.2) is 58.3 Å². The fourth-order valence-electron chi connectivity index (χ4n) is 3.81. The number of amides is 1. The quantitative estimate of drug-likeness (QED) is 0.426. The summed E-state index contributed by atoms with van der Waals surface area (Å²) in [6.45, 7) is 6.49. The molecule has 1 aliphatic rings. The summed E-state index contributed by atoms with van der Waals surface area (Å²) in [6, 6.07) is 6.45. The van der Waals surface area contributed by atoms with Crippen LogP contribution in [0.15, 0.2) is 29.8 Å². The Morgan fingerprint density at radius 1 is 1.20 bits per heavy atom. The molecule has 1 atom stereocenters. The van der Waals surface area contributed by atoms with Gasteiger partial charge in [0, 0.05) is 26.4 Å². The van der Waals surface area contributed by atoms with Crippen LogP contribution in [0.5, 0.6) is 5.75 Å². The van der Waals surface area contributed by atoms with Crippen LogP contribution < -0.4 is 4.74 Å². The van der Waals surface area contributed by atoms with Gasteiger partial charge in [0.25, 0.3) is 11.7 Å². The van der Waals surface area contributed by atoms with Gasteiger partial charge in [-0.3, -0.25) is 14.3 Å². The van der Waals surface area contributed by atoms with Crippen LogP contribution in [0.3, 0.4) is 0 Å². The minimum absolute atomic E-state index is 0.0551. The maximum Gasteiger partial charge on any atom is 0.295 e. The number of carbonyl (C=O) groups is 2. The zero-order valence-corrected chi connectivity index (χ0v) is 17.9. The number of Topliss-reactive ketones (excluding diaryl/α,β-unsaturated/α-hetero) is 1. The maximum absolute atomic E-state index is 13.0. The molecule has 0 bridgehead atoms. The lowest BCUT2D eigenvalue weighted by Crippen LogP contribution is -2.32. The van der Waals surface area contributed by atoms with Crippen LogP contribution in [0.2, 0.25) is 0 Å². The molecule has 3 rings (SSSR count). The smallest absolute Gasteiger partial charge is 0.295 e. The van der Waals surface area contributed by atoms with E-state index < -0.39 is 17.7 Å². The Labute approximate surface area is 175 Å². The minimum Gasteiger partial charge on any atom is -0.507 e. The van der Waals surface area contributed by atoms with Gasteiger partial charge in [-0.25, -0.2) is 0 Å². The predicted octanol–water partition coefficient (Wildman–Crippen LogP) is 2.50. The zero-order chi connectivity index (χ0) is 22.0. The van der Waals surface area contributed by atoms with Crippen LogP contribution in [0, 0.1) is 13.8 Å². The first-order valence-corrected chi connectivity index (χ1v) is 9.82. The number of methoxy groups -OCH3 is 1. The molecule has 2 heterocycles. The number of hydrogen-bond donors (Lipinski definition) is 1. The molecule has 0 radical (unpaired) electrons. The van der Waals surface area contributed by atoms with Crippen molar-refractivity contribution in [1.82, 2.24) is 14.7 Å². The Morgan fingerprint density at radius 2 is 1.87 bits per heavy atom. The van der Waals surface area contributed by atoms with E-state index >= 15 is 0 Å². The number of hydrogen-bond acceptors (Lipinski definition) is 6. The van der Waals surface area contributed by atoms with Gasteiger partial charge >= 0.3 is 0 Å². The molecule has 0 saturated carbocycles. The highest BCUT2D eigenvalue weighted by molar-refractivity contribution is 6.46. The summed E-state index contributed by atoms with van der Waals surface area (Å²) in [4.78, 5) is 27.2. The van der Waals surface area contributed by atoms with E-state index in [2.05, 4.69) is 5.10 Å². The number of aliphatic hydroxyl groups excluding tert-OH is 1. The molecule has 1 aromatic heterocycles. The zero-order valence-electron chi connectivity index (χ0n) is 17.9. The second-order valence-electron chi connectivity index (χ2n) is 7.16. The van der Waals surface area contributed by atoms with Crippen LogP contribution in [0.25, 0.3) is 5.76 Å². The molecule has 1 aliphatic heterocycles. The van der Waals surface area contributed by atoms with Crippen LogP contribution in [-0.2, 0) is 21.4 Å². The van der Waals surface area contributed by atoms with Gasteiger partial charge in [0.1, 0.15) is 11.5 Å². The van der Waals surface area contributed by atoms with Gasteiger partial charge in [-0.1, -0.05) is 12.1 Å². The molecule has 0 aliphatic carbocycles. The van der Waals surface area contributed by atoms with E-state index in [-0.39, 0.29) is 24.5 Å². The standard InChI is InChI=1S/C22H27N3O5/c1-6-30-16-9-7-15(8-10-16)19-18(21(27)22(28)25(19)11-12-29-5)20(26)17-13(2)23-24(4)14(17)3/h7-10,19,26H,6,11-12H2,1-5H3/b20-18+. The van der Waals surface area contributed by atoms with Crippen molar-refractivity contribution in [2.75, 3.05) is 26.9 Å². The van der Waals surface area contributed by atoms with Crippen LogP contribution in [0.1, 0.15) is 35.5 Å². The van der Waals surface area contributed by atoms with Gasteiger partial charge < -0.3 is 19.5 Å². The lowest BCUT2D eigenvalue weighted by atomic mass is 9.94. The van der Waals surface area contributed by atoms with Crippen molar-refractivity contribution in [3.8, 4) is 5.75 Å². The average molecular weight is 413 g/mol. The molecule has 1 fully saturated rings. The summed E-state index contributed by atoms with van der Waals surface area (Å²) in [6.07, 6.45) is 0. The molecule has 2 aromatic rings. The second kappa shape index (κ2) is 8.71. The first-order valence-electron chi connectivity index (χ1n) is 9.82. The molecule has 8 heteroatoms. The molecule has 1 amide bonds. The molecular formula is C22H27N3O5. The Hall–Kier alpha value is -3.13. The van der Waals surface area contributed by atoms with Gasteiger partial charge in [-0.05, 0) is 38.5 Å². The summed E-state index contributed by atoms with van der Waals surface area (Å²) in [5.41, 5.74) is 2.52. The van der Waals surface area contributed by atoms with E-state index in [1.165, 1.54) is 12.0 Å². The van der Waals surface area contributed by atoms with E-state index in [0.29, 0.717) is 34.9 Å². The average Bonchev–Trinajstić information content (AvgIpc) is 3.12. The first-order chi connectivity index (χ1) is 14.3. The van der Waals surface area contributed by atoms with Crippen molar-refractivity contribution in [1.29, 1.82) is 0 Å². The summed E-state index contributed by atoms with van der Waals surface area (Å²) in [5.74, 6) is -0.902. The molecule has 30 heavy (non-hydrogen) atoms. The number of aryl methyl sites for hydroxylation is 2. The maximum atomic E-state index is 13.0. The van der Waals surface area contributed by atoms with Gasteiger partial charge in [0.15, 0.2) is 0 Å². The lowest BCUT2D eigenvalue weighted by Gasteiger charge is -2.25. The SMILES string of the molecule is CCOc1ccc(C2/C(=C(\O)c3c(C)nn(C)c3C)C(=O)C(=O)N2CCOC)cc1. The van der Waals surface area contributed by atoms with Crippen molar-refractivity contribution < 1.29 is 24.2 Å². The molecule has 1 N–H and O–H groups in total. The van der Waals surface area contributed by atoms with Gasteiger partial charge in [-0.2, -0.15) is 5.10 Å². The van der Waals surface area contributed by atoms with E-state index in [0.717, 1.165) is 0 Å². The van der Waals surface area contributed by atoms with Crippen molar-refractivity contribution in [3.63, 3.8) is 0 Å². The third-order valence-electron chi connectivity index (χ3n) is 5.33. The van der Waals surface area contributed by atoms with Crippen molar-refractivity contribution in [2.45, 2.75) is 26.8 Å². The Balaban J connectivity index is 2.17. The number of ketones is 1. The molecule has 0 spiro atoms. The normalized spacial score (nSPS) is 18.3. The third kappa shape index (κ3) is 3.70. The summed E-state index contributed by atoms with van der Waals surface area (Å²) in [5, 5.41) is 15.5.